The van der Waals surface area contributed by atoms with Gasteiger partial charge in [-0.1, -0.05) is 18.2 Å². The number of ether oxygens (including phenoxy) is 1. The second kappa shape index (κ2) is 9.12. The Labute approximate surface area is 191 Å². The molecule has 0 saturated carbocycles. The number of non-ortho nitro benzene ring substituents is 1. The van der Waals surface area contributed by atoms with Gasteiger partial charge in [0.25, 0.3) is 5.69 Å². The summed E-state index contributed by atoms with van der Waals surface area (Å²) >= 11 is 0. The third kappa shape index (κ3) is 4.64. The highest BCUT2D eigenvalue weighted by atomic mass is 32.2. The van der Waals surface area contributed by atoms with E-state index in [1.807, 2.05) is 41.3 Å². The van der Waals surface area contributed by atoms with Crippen molar-refractivity contribution >= 4 is 21.5 Å². The first-order chi connectivity index (χ1) is 15.8. The third-order valence-electron chi connectivity index (χ3n) is 5.58. The van der Waals surface area contributed by atoms with Crippen LogP contribution in [0.4, 0.5) is 11.5 Å². The van der Waals surface area contributed by atoms with Crippen LogP contribution in [0.3, 0.4) is 0 Å². The summed E-state index contributed by atoms with van der Waals surface area (Å²) in [6, 6.07) is 15.2. The molecule has 0 spiro atoms. The molecule has 0 atom stereocenters. The number of benzene rings is 2. The zero-order chi connectivity index (χ0) is 23.6. The van der Waals surface area contributed by atoms with Crippen molar-refractivity contribution in [3.63, 3.8) is 0 Å². The largest absolute Gasteiger partial charge is 0.497 e. The van der Waals surface area contributed by atoms with Gasteiger partial charge in [0, 0.05) is 43.9 Å². The molecule has 0 unspecified atom stereocenters. The zero-order valence-corrected chi connectivity index (χ0v) is 19.0. The average Bonchev–Trinajstić information content (AvgIpc) is 2.84. The van der Waals surface area contributed by atoms with Crippen molar-refractivity contribution in [2.45, 2.75) is 11.8 Å². The van der Waals surface area contributed by atoms with Gasteiger partial charge in [-0.05, 0) is 36.8 Å². The monoisotopic (exact) mass is 469 g/mol. The van der Waals surface area contributed by atoms with Gasteiger partial charge in [-0.25, -0.2) is 8.42 Å². The van der Waals surface area contributed by atoms with Crippen molar-refractivity contribution in [3.05, 3.63) is 70.3 Å². The Balaban J connectivity index is 1.46. The van der Waals surface area contributed by atoms with Crippen LogP contribution in [0.1, 0.15) is 5.56 Å². The van der Waals surface area contributed by atoms with Gasteiger partial charge in [-0.3, -0.25) is 10.1 Å². The summed E-state index contributed by atoms with van der Waals surface area (Å²) in [7, 11) is -2.24. The van der Waals surface area contributed by atoms with Crippen LogP contribution in [0, 0.1) is 17.0 Å². The second-order valence-electron chi connectivity index (χ2n) is 7.61. The summed E-state index contributed by atoms with van der Waals surface area (Å²) in [6.07, 6.45) is 0. The van der Waals surface area contributed by atoms with Gasteiger partial charge in [-0.15, -0.1) is 10.2 Å². The van der Waals surface area contributed by atoms with Gasteiger partial charge >= 0.3 is 0 Å². The van der Waals surface area contributed by atoms with Gasteiger partial charge < -0.3 is 9.64 Å². The number of hydrogen-bond acceptors (Lipinski definition) is 8. The highest BCUT2D eigenvalue weighted by Crippen LogP contribution is 2.27. The molecule has 4 rings (SSSR count). The lowest BCUT2D eigenvalue weighted by atomic mass is 10.1. The van der Waals surface area contributed by atoms with E-state index < -0.39 is 14.9 Å². The molecule has 0 amide bonds. The number of piperazine rings is 1. The van der Waals surface area contributed by atoms with Crippen molar-refractivity contribution in [1.82, 2.24) is 14.5 Å². The number of nitrogens with zero attached hydrogens (tertiary/aromatic N) is 5. The Morgan fingerprint density at radius 2 is 1.76 bits per heavy atom. The molecular formula is C22H23N5O5S. The lowest BCUT2D eigenvalue weighted by Crippen LogP contribution is -2.49. The summed E-state index contributed by atoms with van der Waals surface area (Å²) in [5, 5.41) is 19.7. The van der Waals surface area contributed by atoms with Crippen molar-refractivity contribution in [1.29, 1.82) is 0 Å². The Bertz CT molecular complexity index is 1270. The van der Waals surface area contributed by atoms with Gasteiger partial charge in [-0.2, -0.15) is 4.31 Å². The van der Waals surface area contributed by atoms with Crippen molar-refractivity contribution < 1.29 is 18.1 Å². The SMILES string of the molecule is COc1cccc(-c2ccc(N3CCN(S(=O)(=O)c4cc([N+](=O)[O-])ccc4C)CC3)nn2)c1. The quantitative estimate of drug-likeness (QED) is 0.399. The summed E-state index contributed by atoms with van der Waals surface area (Å²) in [4.78, 5) is 12.4. The first-order valence-electron chi connectivity index (χ1n) is 10.3. The number of nitro benzene ring substituents is 1. The lowest BCUT2D eigenvalue weighted by Gasteiger charge is -2.34. The van der Waals surface area contributed by atoms with Crippen LogP contribution in [0.15, 0.2) is 59.5 Å². The fraction of sp³-hybridized carbons (Fsp3) is 0.273. The summed E-state index contributed by atoms with van der Waals surface area (Å²) < 4.78 is 32.9. The van der Waals surface area contributed by atoms with E-state index in [1.54, 1.807) is 14.0 Å². The van der Waals surface area contributed by atoms with E-state index in [0.29, 0.717) is 30.2 Å². The summed E-state index contributed by atoms with van der Waals surface area (Å²) in [6.45, 7) is 2.97. The first kappa shape index (κ1) is 22.6. The second-order valence-corrected chi connectivity index (χ2v) is 9.51. The Hall–Kier alpha value is -3.57. The number of methoxy groups -OCH3 is 1. The van der Waals surface area contributed by atoms with Gasteiger partial charge in [0.05, 0.1) is 22.6 Å². The van der Waals surface area contributed by atoms with Crippen molar-refractivity contribution in [3.8, 4) is 17.0 Å². The molecule has 3 aromatic rings. The number of sulfonamides is 1. The van der Waals surface area contributed by atoms with Crippen molar-refractivity contribution in [2.24, 2.45) is 0 Å². The molecule has 1 saturated heterocycles. The maximum absolute atomic E-state index is 13.1. The topological polar surface area (TPSA) is 119 Å². The van der Waals surface area contributed by atoms with E-state index in [9.17, 15) is 18.5 Å². The van der Waals surface area contributed by atoms with Crippen LogP contribution in [0.25, 0.3) is 11.3 Å². The number of anilines is 1. The lowest BCUT2D eigenvalue weighted by molar-refractivity contribution is -0.385. The standard InChI is InChI=1S/C22H23N5O5S/c1-16-6-7-18(27(28)29)15-21(16)33(30,31)26-12-10-25(11-13-26)22-9-8-20(23-24-22)17-4-3-5-19(14-17)32-2/h3-9,14-15H,10-13H2,1-2H3. The highest BCUT2D eigenvalue weighted by molar-refractivity contribution is 7.89. The first-order valence-corrected chi connectivity index (χ1v) is 11.7. The molecule has 0 aliphatic carbocycles. The Morgan fingerprint density at radius 1 is 1.00 bits per heavy atom. The van der Waals surface area contributed by atoms with Gasteiger partial charge in [0.2, 0.25) is 10.0 Å². The minimum absolute atomic E-state index is 0.0346. The molecule has 0 N–H and O–H groups in total. The van der Waals surface area contributed by atoms with Crippen LogP contribution in [0.2, 0.25) is 0 Å². The highest BCUT2D eigenvalue weighted by Gasteiger charge is 2.31. The molecule has 10 nitrogen and oxygen atoms in total. The minimum atomic E-state index is -3.85. The Morgan fingerprint density at radius 3 is 2.39 bits per heavy atom. The van der Waals surface area contributed by atoms with Crippen LogP contribution in [-0.4, -0.2) is 61.1 Å². The zero-order valence-electron chi connectivity index (χ0n) is 18.2. The van der Waals surface area contributed by atoms with Crippen LogP contribution in [0.5, 0.6) is 5.75 Å². The van der Waals surface area contributed by atoms with Crippen molar-refractivity contribution in [2.75, 3.05) is 38.2 Å². The van der Waals surface area contributed by atoms with E-state index in [1.165, 1.54) is 16.4 Å². The molecule has 0 bridgehead atoms. The average molecular weight is 470 g/mol. The molecule has 1 aromatic heterocycles. The predicted molar refractivity (Wildman–Crippen MR) is 123 cm³/mol. The Kier molecular flexibility index (Phi) is 6.25. The van der Waals surface area contributed by atoms with E-state index in [-0.39, 0.29) is 23.7 Å². The van der Waals surface area contributed by atoms with Gasteiger partial charge in [0.1, 0.15) is 5.75 Å². The predicted octanol–water partition coefficient (Wildman–Crippen LogP) is 2.88. The van der Waals surface area contributed by atoms with E-state index in [2.05, 4.69) is 10.2 Å². The molecule has 33 heavy (non-hydrogen) atoms. The van der Waals surface area contributed by atoms with Gasteiger partial charge in [0.15, 0.2) is 5.82 Å². The fourth-order valence-corrected chi connectivity index (χ4v) is 5.37. The van der Waals surface area contributed by atoms with Crippen LogP contribution < -0.4 is 9.64 Å². The van der Waals surface area contributed by atoms with E-state index in [0.717, 1.165) is 17.4 Å². The molecule has 0 radical (unpaired) electrons. The molecule has 1 aliphatic heterocycles. The molecule has 172 valence electrons. The summed E-state index contributed by atoms with van der Waals surface area (Å²) in [5.41, 5.74) is 1.82. The molecule has 11 heteroatoms. The van der Waals surface area contributed by atoms with Crippen LogP contribution in [-0.2, 0) is 10.0 Å². The molecule has 1 fully saturated rings. The van der Waals surface area contributed by atoms with Crippen LogP contribution >= 0.6 is 0 Å². The number of rotatable bonds is 6. The smallest absolute Gasteiger partial charge is 0.270 e. The number of nitro groups is 1. The molecule has 2 aromatic carbocycles. The molecule has 1 aliphatic rings. The molecule has 2 heterocycles. The number of hydrogen-bond donors (Lipinski definition) is 0. The number of aromatic nitrogens is 2. The third-order valence-corrected chi connectivity index (χ3v) is 7.62. The van der Waals surface area contributed by atoms with E-state index >= 15 is 0 Å². The molecular weight excluding hydrogens is 446 g/mol. The van der Waals surface area contributed by atoms with E-state index in [4.69, 9.17) is 4.74 Å². The maximum atomic E-state index is 13.1. The maximum Gasteiger partial charge on any atom is 0.270 e. The number of aryl methyl sites for hydroxylation is 1. The summed E-state index contributed by atoms with van der Waals surface area (Å²) in [5.74, 6) is 1.39. The minimum Gasteiger partial charge on any atom is -0.497 e. The normalized spacial score (nSPS) is 14.8. The fourth-order valence-electron chi connectivity index (χ4n) is 3.71.